The van der Waals surface area contributed by atoms with Crippen LogP contribution in [-0.4, -0.2) is 83.6 Å². The highest BCUT2D eigenvalue weighted by Crippen LogP contribution is 2.18. The molecule has 0 aliphatic carbocycles. The van der Waals surface area contributed by atoms with Gasteiger partial charge in [0.05, 0.1) is 0 Å². The van der Waals surface area contributed by atoms with Crippen LogP contribution in [0, 0.1) is 35.5 Å². The number of rotatable bonds is 12. The van der Waals surface area contributed by atoms with Crippen LogP contribution in [0.4, 0.5) is 0 Å². The van der Waals surface area contributed by atoms with Crippen molar-refractivity contribution in [1.29, 1.82) is 0 Å². The molecular weight excluding hydrogens is 624 g/mol. The molecule has 0 unspecified atom stereocenters. The lowest BCUT2D eigenvalue weighted by molar-refractivity contribution is -0.144. The van der Waals surface area contributed by atoms with E-state index in [0.717, 1.165) is 0 Å². The maximum absolute atomic E-state index is 14.1. The maximum Gasteiger partial charge on any atom is 0.245 e. The van der Waals surface area contributed by atoms with Gasteiger partial charge in [0.15, 0.2) is 0 Å². The zero-order valence-corrected chi connectivity index (χ0v) is 32.6. The van der Waals surface area contributed by atoms with Crippen LogP contribution in [0.3, 0.4) is 0 Å². The summed E-state index contributed by atoms with van der Waals surface area (Å²) >= 11 is 0. The zero-order valence-electron chi connectivity index (χ0n) is 32.6. The predicted octanol–water partition coefficient (Wildman–Crippen LogP) is 3.53. The second kappa shape index (κ2) is 20.5. The van der Waals surface area contributed by atoms with E-state index in [-0.39, 0.29) is 35.5 Å². The van der Waals surface area contributed by atoms with Gasteiger partial charge >= 0.3 is 0 Å². The molecule has 0 bridgehead atoms. The van der Waals surface area contributed by atoms with Gasteiger partial charge in [-0.05, 0) is 74.0 Å². The molecule has 1 heterocycles. The number of hydrogen-bond donors (Lipinski definition) is 5. The van der Waals surface area contributed by atoms with Crippen molar-refractivity contribution in [2.45, 2.75) is 158 Å². The summed E-state index contributed by atoms with van der Waals surface area (Å²) in [4.78, 5) is 84.9. The van der Waals surface area contributed by atoms with Gasteiger partial charge in [-0.3, -0.25) is 28.8 Å². The summed E-state index contributed by atoms with van der Waals surface area (Å²) in [5.74, 6) is -2.77. The van der Waals surface area contributed by atoms with Crippen LogP contribution in [0.1, 0.15) is 122 Å². The summed E-state index contributed by atoms with van der Waals surface area (Å²) in [5, 5.41) is 14.4. The fourth-order valence-electron chi connectivity index (χ4n) is 6.15. The van der Waals surface area contributed by atoms with Crippen LogP contribution in [-0.2, 0) is 28.8 Å². The Balaban J connectivity index is 3.86. The third kappa shape index (κ3) is 15.5. The van der Waals surface area contributed by atoms with Crippen molar-refractivity contribution in [3.8, 4) is 0 Å². The molecule has 1 aliphatic heterocycles. The van der Waals surface area contributed by atoms with Gasteiger partial charge in [-0.1, -0.05) is 83.1 Å². The molecule has 1 aliphatic rings. The molecule has 282 valence electrons. The fraction of sp³-hybridized carbons (Fsp3) is 0.838. The van der Waals surface area contributed by atoms with Gasteiger partial charge in [0.2, 0.25) is 35.4 Å². The summed E-state index contributed by atoms with van der Waals surface area (Å²) < 4.78 is 0. The average Bonchev–Trinajstić information content (AvgIpc) is 2.95. The van der Waals surface area contributed by atoms with Crippen molar-refractivity contribution in [1.82, 2.24) is 31.5 Å². The third-order valence-corrected chi connectivity index (χ3v) is 8.49. The first-order valence-electron chi connectivity index (χ1n) is 18.4. The smallest absolute Gasteiger partial charge is 0.245 e. The minimum atomic E-state index is -0.970. The number of hydrogen-bond acceptors (Lipinski definition) is 6. The molecular formula is C37H68N6O6. The molecule has 1 rings (SSSR count). The van der Waals surface area contributed by atoms with E-state index in [0.29, 0.717) is 38.5 Å². The SMILES string of the molecule is CC(C)C[C@@H]1NC(=O)[C@@H](CC(C)C)NC(=O)[C@H](CC(C)C)NC(=O)[C@@H](CC(C)C)NC(=O)[C@H](CC(C)C)N(C)C(=O)[C@@H](CC(C)C)NC1=O. The monoisotopic (exact) mass is 693 g/mol. The summed E-state index contributed by atoms with van der Waals surface area (Å²) in [6.45, 7) is 23.2. The highest BCUT2D eigenvalue weighted by molar-refractivity contribution is 5.98. The molecule has 1 saturated heterocycles. The Bertz CT molecular complexity index is 1120. The minimum absolute atomic E-state index is 0.0254. The molecule has 1 fully saturated rings. The molecule has 0 saturated carbocycles. The highest BCUT2D eigenvalue weighted by Gasteiger charge is 2.38. The molecule has 12 heteroatoms. The molecule has 5 N–H and O–H groups in total. The Hall–Kier alpha value is -3.18. The van der Waals surface area contributed by atoms with E-state index < -0.39 is 71.7 Å². The number of carbonyl (C=O) groups is 6. The quantitative estimate of drug-likeness (QED) is 0.210. The van der Waals surface area contributed by atoms with Crippen LogP contribution >= 0.6 is 0 Å². The maximum atomic E-state index is 14.1. The molecule has 0 aromatic carbocycles. The van der Waals surface area contributed by atoms with Gasteiger partial charge in [-0.15, -0.1) is 0 Å². The highest BCUT2D eigenvalue weighted by atomic mass is 16.2. The van der Waals surface area contributed by atoms with E-state index >= 15 is 0 Å². The van der Waals surface area contributed by atoms with Crippen molar-refractivity contribution in [2.75, 3.05) is 7.05 Å². The summed E-state index contributed by atoms with van der Waals surface area (Å²) in [7, 11) is 1.55. The normalized spacial score (nSPS) is 25.8. The minimum Gasteiger partial charge on any atom is -0.343 e. The summed E-state index contributed by atoms with van der Waals surface area (Å²) in [6.07, 6.45) is 1.86. The number of nitrogens with one attached hydrogen (secondary N) is 5. The van der Waals surface area contributed by atoms with Crippen LogP contribution in [0.5, 0.6) is 0 Å². The Labute approximate surface area is 295 Å². The topological polar surface area (TPSA) is 166 Å². The Kier molecular flexibility index (Phi) is 18.3. The number of likely N-dealkylation sites (N-methyl/N-ethyl adjacent to an activating group) is 1. The first-order chi connectivity index (χ1) is 22.6. The van der Waals surface area contributed by atoms with E-state index in [1.165, 1.54) is 4.90 Å². The van der Waals surface area contributed by atoms with Gasteiger partial charge in [-0.25, -0.2) is 0 Å². The second-order valence-corrected chi connectivity index (χ2v) is 16.5. The van der Waals surface area contributed by atoms with Gasteiger partial charge in [0.1, 0.15) is 36.3 Å². The standard InChI is InChI=1S/C37H68N6O6/c1-20(2)14-26-33(45)40-28(16-22(5)6)35(47)42-30(18-24(9)10)37(49)43(13)31(19-25(11)12)36(48)41-29(17-23(7)8)34(46)39-27(15-21(3)4)32(44)38-26/h20-31H,14-19H2,1-13H3,(H,38,44)(H,39,46)(H,40,45)(H,41,48)(H,42,47)/t26-,27+,28+,29-,30-,31+/m1/s1. The van der Waals surface area contributed by atoms with E-state index in [1.54, 1.807) is 7.05 Å². The van der Waals surface area contributed by atoms with E-state index in [4.69, 9.17) is 0 Å². The molecule has 6 amide bonds. The molecule has 0 aromatic rings. The van der Waals surface area contributed by atoms with E-state index in [2.05, 4.69) is 26.6 Å². The average molecular weight is 693 g/mol. The van der Waals surface area contributed by atoms with Crippen LogP contribution in [0.15, 0.2) is 0 Å². The Morgan fingerprint density at radius 3 is 0.878 bits per heavy atom. The van der Waals surface area contributed by atoms with Gasteiger partial charge in [0.25, 0.3) is 0 Å². The van der Waals surface area contributed by atoms with E-state index in [1.807, 2.05) is 83.1 Å². The lowest BCUT2D eigenvalue weighted by Gasteiger charge is -2.34. The summed E-state index contributed by atoms with van der Waals surface area (Å²) in [5.41, 5.74) is 0. The lowest BCUT2D eigenvalue weighted by atomic mass is 9.96. The first-order valence-corrected chi connectivity index (χ1v) is 18.4. The number of amides is 6. The largest absolute Gasteiger partial charge is 0.343 e. The third-order valence-electron chi connectivity index (χ3n) is 8.49. The number of nitrogens with zero attached hydrogens (tertiary/aromatic N) is 1. The van der Waals surface area contributed by atoms with E-state index in [9.17, 15) is 28.8 Å². The molecule has 49 heavy (non-hydrogen) atoms. The summed E-state index contributed by atoms with van der Waals surface area (Å²) in [6, 6.07) is -5.75. The van der Waals surface area contributed by atoms with Crippen molar-refractivity contribution in [3.63, 3.8) is 0 Å². The lowest BCUT2D eigenvalue weighted by Crippen LogP contribution is -2.62. The van der Waals surface area contributed by atoms with Crippen LogP contribution in [0.25, 0.3) is 0 Å². The molecule has 0 radical (unpaired) electrons. The second-order valence-electron chi connectivity index (χ2n) is 16.5. The van der Waals surface area contributed by atoms with Gasteiger partial charge in [0, 0.05) is 7.05 Å². The van der Waals surface area contributed by atoms with Crippen molar-refractivity contribution in [3.05, 3.63) is 0 Å². The Morgan fingerprint density at radius 2 is 0.612 bits per heavy atom. The Morgan fingerprint density at radius 1 is 0.388 bits per heavy atom. The van der Waals surface area contributed by atoms with Crippen LogP contribution < -0.4 is 26.6 Å². The molecule has 0 aromatic heterocycles. The first kappa shape index (κ1) is 43.8. The van der Waals surface area contributed by atoms with Gasteiger partial charge < -0.3 is 31.5 Å². The molecule has 12 nitrogen and oxygen atoms in total. The van der Waals surface area contributed by atoms with Crippen molar-refractivity contribution in [2.24, 2.45) is 35.5 Å². The van der Waals surface area contributed by atoms with Crippen molar-refractivity contribution < 1.29 is 28.8 Å². The predicted molar refractivity (Wildman–Crippen MR) is 193 cm³/mol. The van der Waals surface area contributed by atoms with Crippen LogP contribution in [0.2, 0.25) is 0 Å². The number of carbonyl (C=O) groups excluding carboxylic acids is 6. The zero-order chi connectivity index (χ0) is 37.7. The fourth-order valence-corrected chi connectivity index (χ4v) is 6.15. The molecule has 6 atom stereocenters. The van der Waals surface area contributed by atoms with Crippen molar-refractivity contribution >= 4 is 35.4 Å². The molecule has 0 spiro atoms. The van der Waals surface area contributed by atoms with Gasteiger partial charge in [-0.2, -0.15) is 0 Å².